The quantitative estimate of drug-likeness (QED) is 0.584. The lowest BCUT2D eigenvalue weighted by atomic mass is 10.1. The van der Waals surface area contributed by atoms with Crippen molar-refractivity contribution >= 4 is 19.9 Å². The van der Waals surface area contributed by atoms with Crippen LogP contribution in [0.15, 0.2) is 24.3 Å². The third kappa shape index (κ3) is 6.25. The fourth-order valence-electron chi connectivity index (χ4n) is 1.75. The van der Waals surface area contributed by atoms with E-state index < -0.39 is 8.32 Å². The molecular formula is C15H21ClOSi. The number of benzene rings is 1. The molecule has 1 rings (SSSR count). The molecule has 0 bridgehead atoms. The van der Waals surface area contributed by atoms with Gasteiger partial charge in [-0.05, 0) is 51.2 Å². The molecule has 0 saturated carbocycles. The molecule has 0 fully saturated rings. The normalized spacial score (nSPS) is 11.9. The van der Waals surface area contributed by atoms with Gasteiger partial charge in [0.25, 0.3) is 0 Å². The van der Waals surface area contributed by atoms with Gasteiger partial charge in [0.2, 0.25) is 0 Å². The monoisotopic (exact) mass is 280 g/mol. The molecular weight excluding hydrogens is 260 g/mol. The summed E-state index contributed by atoms with van der Waals surface area (Å²) in [5.41, 5.74) is 0.812. The molecule has 0 spiro atoms. The average molecular weight is 281 g/mol. The van der Waals surface area contributed by atoms with Crippen LogP contribution in [0.4, 0.5) is 0 Å². The Bertz CT molecular complexity index is 446. The SMILES string of the molecule is CC(C)(C#CCc1ccc(Cl)cc1)O[Si](C)(C)C. The van der Waals surface area contributed by atoms with Gasteiger partial charge < -0.3 is 4.43 Å². The van der Waals surface area contributed by atoms with Gasteiger partial charge in [0.1, 0.15) is 5.60 Å². The Hall–Kier alpha value is -0.753. The number of rotatable bonds is 3. The Kier molecular flexibility index (Phi) is 5.04. The summed E-state index contributed by atoms with van der Waals surface area (Å²) in [4.78, 5) is 0. The van der Waals surface area contributed by atoms with E-state index in [4.69, 9.17) is 16.0 Å². The largest absolute Gasteiger partial charge is 0.402 e. The van der Waals surface area contributed by atoms with Gasteiger partial charge in [-0.2, -0.15) is 0 Å². The van der Waals surface area contributed by atoms with E-state index in [0.29, 0.717) is 0 Å². The van der Waals surface area contributed by atoms with Crippen LogP contribution in [0.25, 0.3) is 0 Å². The zero-order valence-corrected chi connectivity index (χ0v) is 13.6. The lowest BCUT2D eigenvalue weighted by Gasteiger charge is -2.28. The van der Waals surface area contributed by atoms with E-state index >= 15 is 0 Å². The van der Waals surface area contributed by atoms with Crippen LogP contribution < -0.4 is 0 Å². The maximum Gasteiger partial charge on any atom is 0.185 e. The Morgan fingerprint density at radius 3 is 2.22 bits per heavy atom. The minimum Gasteiger partial charge on any atom is -0.402 e. The van der Waals surface area contributed by atoms with E-state index in [0.717, 1.165) is 11.4 Å². The summed E-state index contributed by atoms with van der Waals surface area (Å²) >= 11 is 5.84. The summed E-state index contributed by atoms with van der Waals surface area (Å²) in [6, 6.07) is 7.79. The third-order valence-electron chi connectivity index (χ3n) is 2.16. The Morgan fingerprint density at radius 1 is 1.17 bits per heavy atom. The molecule has 1 aromatic carbocycles. The smallest absolute Gasteiger partial charge is 0.185 e. The first kappa shape index (κ1) is 15.3. The topological polar surface area (TPSA) is 9.23 Å². The number of hydrogen-bond donors (Lipinski definition) is 0. The molecule has 1 aromatic rings. The molecule has 1 nitrogen and oxygen atoms in total. The molecule has 0 unspecified atom stereocenters. The second-order valence-corrected chi connectivity index (χ2v) is 10.7. The van der Waals surface area contributed by atoms with Crippen LogP contribution in [0.3, 0.4) is 0 Å². The van der Waals surface area contributed by atoms with Crippen LogP contribution in [-0.4, -0.2) is 13.9 Å². The van der Waals surface area contributed by atoms with Gasteiger partial charge >= 0.3 is 0 Å². The van der Waals surface area contributed by atoms with Crippen LogP contribution in [-0.2, 0) is 10.8 Å². The minimum absolute atomic E-state index is 0.364. The molecule has 98 valence electrons. The number of halogens is 1. The highest BCUT2D eigenvalue weighted by Gasteiger charge is 2.25. The van der Waals surface area contributed by atoms with Crippen molar-refractivity contribution in [3.8, 4) is 11.8 Å². The molecule has 0 aliphatic carbocycles. The molecule has 0 N–H and O–H groups in total. The second kappa shape index (κ2) is 5.93. The van der Waals surface area contributed by atoms with Crippen LogP contribution in [0.1, 0.15) is 19.4 Å². The van der Waals surface area contributed by atoms with Gasteiger partial charge in [-0.25, -0.2) is 0 Å². The standard InChI is InChI=1S/C15H21ClOSi/c1-15(2,17-18(3,4)5)12-6-7-13-8-10-14(16)11-9-13/h8-11H,7H2,1-5H3. The lowest BCUT2D eigenvalue weighted by Crippen LogP contribution is -2.37. The van der Waals surface area contributed by atoms with Gasteiger partial charge in [0.15, 0.2) is 8.32 Å². The fourth-order valence-corrected chi connectivity index (χ4v) is 3.46. The van der Waals surface area contributed by atoms with E-state index in [9.17, 15) is 0 Å². The highest BCUT2D eigenvalue weighted by molar-refractivity contribution is 6.69. The highest BCUT2D eigenvalue weighted by atomic mass is 35.5. The number of hydrogen-bond acceptors (Lipinski definition) is 1. The molecule has 0 aliphatic heterocycles. The van der Waals surface area contributed by atoms with Crippen molar-refractivity contribution in [3.63, 3.8) is 0 Å². The summed E-state index contributed by atoms with van der Waals surface area (Å²) in [5.74, 6) is 6.40. The van der Waals surface area contributed by atoms with E-state index in [2.05, 4.69) is 31.5 Å². The maximum atomic E-state index is 6.03. The summed E-state index contributed by atoms with van der Waals surface area (Å²) in [5, 5.41) is 0.758. The Labute approximate surface area is 117 Å². The molecule has 0 saturated heterocycles. The maximum absolute atomic E-state index is 6.03. The zero-order chi connectivity index (χ0) is 13.8. The molecule has 0 heterocycles. The first-order chi connectivity index (χ1) is 8.18. The van der Waals surface area contributed by atoms with Crippen molar-refractivity contribution in [1.82, 2.24) is 0 Å². The van der Waals surface area contributed by atoms with E-state index in [1.54, 1.807) is 0 Å². The second-order valence-electron chi connectivity index (χ2n) is 5.83. The minimum atomic E-state index is -1.55. The summed E-state index contributed by atoms with van der Waals surface area (Å²) in [7, 11) is -1.55. The van der Waals surface area contributed by atoms with Crippen molar-refractivity contribution in [2.45, 2.75) is 45.5 Å². The van der Waals surface area contributed by atoms with Crippen molar-refractivity contribution < 1.29 is 4.43 Å². The Balaban J connectivity index is 2.63. The molecule has 0 atom stereocenters. The molecule has 0 amide bonds. The van der Waals surface area contributed by atoms with Gasteiger partial charge in [-0.3, -0.25) is 0 Å². The predicted molar refractivity (Wildman–Crippen MR) is 81.4 cm³/mol. The lowest BCUT2D eigenvalue weighted by molar-refractivity contribution is 0.164. The van der Waals surface area contributed by atoms with Crippen molar-refractivity contribution in [2.24, 2.45) is 0 Å². The van der Waals surface area contributed by atoms with E-state index in [-0.39, 0.29) is 5.60 Å². The molecule has 0 aromatic heterocycles. The highest BCUT2D eigenvalue weighted by Crippen LogP contribution is 2.16. The first-order valence-electron chi connectivity index (χ1n) is 6.13. The van der Waals surface area contributed by atoms with E-state index in [1.165, 1.54) is 5.56 Å². The molecule has 0 aliphatic rings. The predicted octanol–water partition coefficient (Wildman–Crippen LogP) is 4.52. The average Bonchev–Trinajstić information content (AvgIpc) is 2.17. The molecule has 0 radical (unpaired) electrons. The van der Waals surface area contributed by atoms with Crippen LogP contribution in [0.5, 0.6) is 0 Å². The molecule has 3 heteroatoms. The van der Waals surface area contributed by atoms with Crippen LogP contribution in [0.2, 0.25) is 24.7 Å². The fraction of sp³-hybridized carbons (Fsp3) is 0.467. The van der Waals surface area contributed by atoms with Crippen molar-refractivity contribution in [3.05, 3.63) is 34.9 Å². The third-order valence-corrected chi connectivity index (χ3v) is 3.53. The van der Waals surface area contributed by atoms with Gasteiger partial charge in [0.05, 0.1) is 0 Å². The van der Waals surface area contributed by atoms with Crippen molar-refractivity contribution in [1.29, 1.82) is 0 Å². The van der Waals surface area contributed by atoms with Crippen molar-refractivity contribution in [2.75, 3.05) is 0 Å². The summed E-state index contributed by atoms with van der Waals surface area (Å²) in [6.45, 7) is 10.6. The van der Waals surface area contributed by atoms with Crippen LogP contribution >= 0.6 is 11.6 Å². The first-order valence-corrected chi connectivity index (χ1v) is 9.91. The molecule has 18 heavy (non-hydrogen) atoms. The zero-order valence-electron chi connectivity index (χ0n) is 11.8. The summed E-state index contributed by atoms with van der Waals surface area (Å²) < 4.78 is 6.03. The van der Waals surface area contributed by atoms with Gasteiger partial charge in [0, 0.05) is 11.4 Å². The summed E-state index contributed by atoms with van der Waals surface area (Å²) in [6.07, 6.45) is 0.732. The van der Waals surface area contributed by atoms with Gasteiger partial charge in [-0.15, -0.1) is 0 Å². The van der Waals surface area contributed by atoms with Crippen LogP contribution in [0, 0.1) is 11.8 Å². The Morgan fingerprint density at radius 2 is 1.72 bits per heavy atom. The van der Waals surface area contributed by atoms with Gasteiger partial charge in [-0.1, -0.05) is 35.6 Å². The van der Waals surface area contributed by atoms with E-state index in [1.807, 2.05) is 38.1 Å².